The van der Waals surface area contributed by atoms with Gasteiger partial charge in [-0.05, 0) is 62.4 Å². The molecule has 0 radical (unpaired) electrons. The van der Waals surface area contributed by atoms with Gasteiger partial charge in [0.2, 0.25) is 0 Å². The molecule has 3 unspecified atom stereocenters. The predicted molar refractivity (Wildman–Crippen MR) is 88.0 cm³/mol. The summed E-state index contributed by atoms with van der Waals surface area (Å²) in [5.41, 5.74) is 0.547. The van der Waals surface area contributed by atoms with Crippen molar-refractivity contribution in [2.75, 3.05) is 19.6 Å². The molecule has 0 aromatic carbocycles. The van der Waals surface area contributed by atoms with Gasteiger partial charge in [-0.3, -0.25) is 0 Å². The van der Waals surface area contributed by atoms with E-state index in [-0.39, 0.29) is 0 Å². The SMILES string of the molecule is CC1CC(N2CCCC(CNC(C)C)C2)CC(C)(C)C1. The normalized spacial score (nSPS) is 35.4. The molecule has 2 fully saturated rings. The molecule has 2 rings (SSSR count). The highest BCUT2D eigenvalue weighted by Crippen LogP contribution is 2.41. The average molecular weight is 280 g/mol. The molecule has 1 heterocycles. The first-order chi connectivity index (χ1) is 9.35. The first-order valence-corrected chi connectivity index (χ1v) is 8.83. The zero-order chi connectivity index (χ0) is 14.8. The zero-order valence-corrected chi connectivity index (χ0v) is 14.4. The maximum atomic E-state index is 3.64. The molecule has 1 aliphatic heterocycles. The summed E-state index contributed by atoms with van der Waals surface area (Å²) in [6, 6.07) is 1.47. The van der Waals surface area contributed by atoms with E-state index >= 15 is 0 Å². The third kappa shape index (κ3) is 4.73. The third-order valence-electron chi connectivity index (χ3n) is 5.25. The van der Waals surface area contributed by atoms with Crippen molar-refractivity contribution in [2.24, 2.45) is 17.3 Å². The van der Waals surface area contributed by atoms with E-state index in [1.807, 2.05) is 0 Å². The van der Waals surface area contributed by atoms with Crippen LogP contribution in [0.3, 0.4) is 0 Å². The average Bonchev–Trinajstić information content (AvgIpc) is 2.34. The molecule has 1 aliphatic carbocycles. The fourth-order valence-electron chi connectivity index (χ4n) is 4.57. The van der Waals surface area contributed by atoms with E-state index in [4.69, 9.17) is 0 Å². The molecule has 0 amide bonds. The highest BCUT2D eigenvalue weighted by Gasteiger charge is 2.36. The molecule has 1 N–H and O–H groups in total. The number of hydrogen-bond donors (Lipinski definition) is 1. The minimum absolute atomic E-state index is 0.547. The monoisotopic (exact) mass is 280 g/mol. The number of rotatable bonds is 4. The second-order valence-electron chi connectivity index (χ2n) is 8.63. The van der Waals surface area contributed by atoms with Gasteiger partial charge < -0.3 is 10.2 Å². The van der Waals surface area contributed by atoms with E-state index < -0.39 is 0 Å². The Hall–Kier alpha value is -0.0800. The molecule has 1 saturated carbocycles. The minimum Gasteiger partial charge on any atom is -0.314 e. The summed E-state index contributed by atoms with van der Waals surface area (Å²) in [6.45, 7) is 15.8. The summed E-state index contributed by atoms with van der Waals surface area (Å²) in [5.74, 6) is 1.77. The van der Waals surface area contributed by atoms with Crippen LogP contribution in [0, 0.1) is 17.3 Å². The number of nitrogens with one attached hydrogen (secondary N) is 1. The lowest BCUT2D eigenvalue weighted by atomic mass is 9.70. The first-order valence-electron chi connectivity index (χ1n) is 8.83. The lowest BCUT2D eigenvalue weighted by Gasteiger charge is -2.46. The largest absolute Gasteiger partial charge is 0.314 e. The van der Waals surface area contributed by atoms with E-state index in [0.29, 0.717) is 11.5 Å². The van der Waals surface area contributed by atoms with Crippen LogP contribution in [0.25, 0.3) is 0 Å². The van der Waals surface area contributed by atoms with Crippen molar-refractivity contribution in [3.05, 3.63) is 0 Å². The van der Waals surface area contributed by atoms with Crippen LogP contribution in [0.4, 0.5) is 0 Å². The van der Waals surface area contributed by atoms with Crippen LogP contribution >= 0.6 is 0 Å². The van der Waals surface area contributed by atoms with E-state index in [2.05, 4.69) is 44.8 Å². The van der Waals surface area contributed by atoms with Gasteiger partial charge in [0.1, 0.15) is 0 Å². The smallest absolute Gasteiger partial charge is 0.0103 e. The van der Waals surface area contributed by atoms with E-state index in [0.717, 1.165) is 17.9 Å². The molecule has 118 valence electrons. The summed E-state index contributed by atoms with van der Waals surface area (Å²) in [5, 5.41) is 3.64. The lowest BCUT2D eigenvalue weighted by Crippen LogP contribution is -2.49. The molecule has 1 saturated heterocycles. The summed E-state index contributed by atoms with van der Waals surface area (Å²) >= 11 is 0. The van der Waals surface area contributed by atoms with Crippen molar-refractivity contribution < 1.29 is 0 Å². The van der Waals surface area contributed by atoms with Gasteiger partial charge in [-0.1, -0.05) is 34.6 Å². The van der Waals surface area contributed by atoms with Crippen molar-refractivity contribution >= 4 is 0 Å². The standard InChI is InChI=1S/C18H36N2/c1-14(2)19-12-16-7-6-8-20(13-16)17-9-15(3)10-18(4,5)11-17/h14-17,19H,6-13H2,1-5H3. The van der Waals surface area contributed by atoms with Crippen LogP contribution in [-0.2, 0) is 0 Å². The first kappa shape index (κ1) is 16.3. The quantitative estimate of drug-likeness (QED) is 0.840. The Balaban J connectivity index is 1.88. The molecule has 0 aromatic rings. The van der Waals surface area contributed by atoms with Gasteiger partial charge in [-0.15, -0.1) is 0 Å². The molecule has 20 heavy (non-hydrogen) atoms. The van der Waals surface area contributed by atoms with Crippen LogP contribution in [0.5, 0.6) is 0 Å². The highest BCUT2D eigenvalue weighted by atomic mass is 15.2. The molecule has 0 aromatic heterocycles. The second-order valence-corrected chi connectivity index (χ2v) is 8.63. The summed E-state index contributed by atoms with van der Waals surface area (Å²) in [4.78, 5) is 2.83. The van der Waals surface area contributed by atoms with Crippen molar-refractivity contribution in [1.82, 2.24) is 10.2 Å². The Kier molecular flexibility index (Phi) is 5.53. The minimum atomic E-state index is 0.547. The van der Waals surface area contributed by atoms with E-state index in [9.17, 15) is 0 Å². The van der Waals surface area contributed by atoms with Crippen LogP contribution < -0.4 is 5.32 Å². The Morgan fingerprint density at radius 1 is 1.25 bits per heavy atom. The molecule has 2 nitrogen and oxygen atoms in total. The van der Waals surface area contributed by atoms with Gasteiger partial charge in [0.15, 0.2) is 0 Å². The Morgan fingerprint density at radius 3 is 2.65 bits per heavy atom. The fourth-order valence-corrected chi connectivity index (χ4v) is 4.57. The second kappa shape index (κ2) is 6.79. The molecule has 0 spiro atoms. The lowest BCUT2D eigenvalue weighted by molar-refractivity contribution is 0.0391. The number of piperidine rings is 1. The molecular weight excluding hydrogens is 244 g/mol. The number of hydrogen-bond acceptors (Lipinski definition) is 2. The van der Waals surface area contributed by atoms with Crippen molar-refractivity contribution in [2.45, 2.75) is 78.8 Å². The highest BCUT2D eigenvalue weighted by molar-refractivity contribution is 4.90. The van der Waals surface area contributed by atoms with Gasteiger partial charge in [0, 0.05) is 18.6 Å². The zero-order valence-electron chi connectivity index (χ0n) is 14.4. The number of nitrogens with zero attached hydrogens (tertiary/aromatic N) is 1. The molecule has 2 heteroatoms. The Labute approximate surface area is 126 Å². The van der Waals surface area contributed by atoms with Gasteiger partial charge in [-0.2, -0.15) is 0 Å². The molecular formula is C18H36N2. The summed E-state index contributed by atoms with van der Waals surface area (Å²) in [7, 11) is 0. The van der Waals surface area contributed by atoms with Crippen LogP contribution in [-0.4, -0.2) is 36.6 Å². The van der Waals surface area contributed by atoms with Crippen molar-refractivity contribution in [3.8, 4) is 0 Å². The fraction of sp³-hybridized carbons (Fsp3) is 1.00. The maximum absolute atomic E-state index is 3.64. The predicted octanol–water partition coefficient (Wildman–Crippen LogP) is 3.91. The van der Waals surface area contributed by atoms with Crippen molar-refractivity contribution in [1.29, 1.82) is 0 Å². The van der Waals surface area contributed by atoms with Gasteiger partial charge in [-0.25, -0.2) is 0 Å². The van der Waals surface area contributed by atoms with Gasteiger partial charge in [0.05, 0.1) is 0 Å². The Morgan fingerprint density at radius 2 is 2.00 bits per heavy atom. The van der Waals surface area contributed by atoms with E-state index in [1.165, 1.54) is 51.7 Å². The van der Waals surface area contributed by atoms with Gasteiger partial charge in [0.25, 0.3) is 0 Å². The summed E-state index contributed by atoms with van der Waals surface area (Å²) < 4.78 is 0. The molecule has 3 atom stereocenters. The molecule has 0 bridgehead atoms. The maximum Gasteiger partial charge on any atom is 0.0103 e. The van der Waals surface area contributed by atoms with Gasteiger partial charge >= 0.3 is 0 Å². The third-order valence-corrected chi connectivity index (χ3v) is 5.25. The number of likely N-dealkylation sites (tertiary alicyclic amines) is 1. The summed E-state index contributed by atoms with van der Waals surface area (Å²) in [6.07, 6.45) is 7.06. The Bertz CT molecular complexity index is 298. The van der Waals surface area contributed by atoms with Crippen LogP contribution in [0.1, 0.15) is 66.7 Å². The van der Waals surface area contributed by atoms with Crippen LogP contribution in [0.2, 0.25) is 0 Å². The topological polar surface area (TPSA) is 15.3 Å². The van der Waals surface area contributed by atoms with E-state index in [1.54, 1.807) is 0 Å². The van der Waals surface area contributed by atoms with Crippen LogP contribution in [0.15, 0.2) is 0 Å². The molecule has 2 aliphatic rings. The van der Waals surface area contributed by atoms with Crippen molar-refractivity contribution in [3.63, 3.8) is 0 Å².